The van der Waals surface area contributed by atoms with Gasteiger partial charge in [0.05, 0.1) is 17.0 Å². The molecule has 2 saturated heterocycles. The van der Waals surface area contributed by atoms with Gasteiger partial charge in [0.2, 0.25) is 0 Å². The van der Waals surface area contributed by atoms with E-state index in [9.17, 15) is 8.42 Å². The highest BCUT2D eigenvalue weighted by Crippen LogP contribution is 2.24. The molecule has 168 valence electrons. The summed E-state index contributed by atoms with van der Waals surface area (Å²) in [4.78, 5) is 9.43. The lowest BCUT2D eigenvalue weighted by Crippen LogP contribution is -2.57. The quantitative estimate of drug-likeness (QED) is 0.570. The summed E-state index contributed by atoms with van der Waals surface area (Å²) in [5.41, 5.74) is 2.52. The van der Waals surface area contributed by atoms with Gasteiger partial charge in [0.1, 0.15) is 0 Å². The van der Waals surface area contributed by atoms with Crippen molar-refractivity contribution in [3.63, 3.8) is 0 Å². The molecule has 0 aromatic heterocycles. The lowest BCUT2D eigenvalue weighted by atomic mass is 9.99. The number of rotatable bonds is 5. The van der Waals surface area contributed by atoms with Crippen LogP contribution in [0.15, 0.2) is 29.3 Å². The second-order valence-electron chi connectivity index (χ2n) is 9.47. The third-order valence-electron chi connectivity index (χ3n) is 6.26. The monoisotopic (exact) mass is 434 g/mol. The van der Waals surface area contributed by atoms with Crippen molar-refractivity contribution >= 4 is 15.8 Å². The van der Waals surface area contributed by atoms with E-state index in [1.54, 1.807) is 13.8 Å². The van der Waals surface area contributed by atoms with Crippen LogP contribution in [0.1, 0.15) is 51.7 Å². The second-order valence-corrected chi connectivity index (χ2v) is 12.2. The third kappa shape index (κ3) is 5.76. The molecule has 1 aromatic rings. The Bertz CT molecular complexity index is 833. The average Bonchev–Trinajstić information content (AvgIpc) is 2.68. The van der Waals surface area contributed by atoms with Crippen LogP contribution in [0.5, 0.6) is 0 Å². The Balaban J connectivity index is 1.62. The van der Waals surface area contributed by atoms with Gasteiger partial charge >= 0.3 is 0 Å². The molecular weight excluding hydrogens is 396 g/mol. The van der Waals surface area contributed by atoms with Crippen molar-refractivity contribution in [2.45, 2.75) is 58.4 Å². The topological polar surface area (TPSA) is 65.0 Å². The molecule has 1 atom stereocenters. The van der Waals surface area contributed by atoms with Crippen LogP contribution < -0.4 is 5.32 Å². The summed E-state index contributed by atoms with van der Waals surface area (Å²) in [6.45, 7) is 13.7. The minimum absolute atomic E-state index is 0.175. The number of benzene rings is 1. The highest BCUT2D eigenvalue weighted by molar-refractivity contribution is 7.92. The van der Waals surface area contributed by atoms with Gasteiger partial charge in [-0.3, -0.25) is 4.90 Å². The van der Waals surface area contributed by atoms with Crippen LogP contribution >= 0.6 is 0 Å². The number of nitrogens with one attached hydrogen (secondary N) is 1. The molecular formula is C23H38N4O2S. The Labute approximate surface area is 182 Å². The van der Waals surface area contributed by atoms with Crippen molar-refractivity contribution in [2.24, 2.45) is 10.9 Å². The Morgan fingerprint density at radius 3 is 2.53 bits per heavy atom. The van der Waals surface area contributed by atoms with E-state index in [4.69, 9.17) is 4.99 Å². The lowest BCUT2D eigenvalue weighted by Gasteiger charge is -2.39. The van der Waals surface area contributed by atoms with Gasteiger partial charge in [0.15, 0.2) is 15.8 Å². The molecule has 3 rings (SSSR count). The van der Waals surface area contributed by atoms with Crippen molar-refractivity contribution in [1.82, 2.24) is 15.1 Å². The average molecular weight is 435 g/mol. The SMILES string of the molecule is CCNC(=NCc1ccc(CN2CCCC(C)C2)cc1)N1CCS(=O)(=O)C(C)(C)C1. The van der Waals surface area contributed by atoms with Crippen LogP contribution in [0.2, 0.25) is 0 Å². The smallest absolute Gasteiger partial charge is 0.194 e. The zero-order chi connectivity index (χ0) is 21.8. The van der Waals surface area contributed by atoms with E-state index in [2.05, 4.69) is 46.3 Å². The van der Waals surface area contributed by atoms with Crippen molar-refractivity contribution in [3.8, 4) is 0 Å². The first kappa shape index (κ1) is 23.1. The molecule has 6 nitrogen and oxygen atoms in total. The molecule has 0 amide bonds. The molecule has 1 N–H and O–H groups in total. The fourth-order valence-electron chi connectivity index (χ4n) is 4.36. The fraction of sp³-hybridized carbons (Fsp3) is 0.696. The van der Waals surface area contributed by atoms with Crippen LogP contribution in [0, 0.1) is 5.92 Å². The van der Waals surface area contributed by atoms with E-state index < -0.39 is 14.6 Å². The highest BCUT2D eigenvalue weighted by Gasteiger charge is 2.40. The van der Waals surface area contributed by atoms with Gasteiger partial charge in [0, 0.05) is 32.7 Å². The number of aliphatic imine (C=N–C) groups is 1. The summed E-state index contributed by atoms with van der Waals surface area (Å²) in [6, 6.07) is 8.77. The van der Waals surface area contributed by atoms with Gasteiger partial charge in [0.25, 0.3) is 0 Å². The minimum atomic E-state index is -3.06. The summed E-state index contributed by atoms with van der Waals surface area (Å²) < 4.78 is 23.9. The Morgan fingerprint density at radius 2 is 1.90 bits per heavy atom. The van der Waals surface area contributed by atoms with Crippen LogP contribution in [0.3, 0.4) is 0 Å². The number of piperidine rings is 1. The van der Waals surface area contributed by atoms with E-state index in [0.29, 0.717) is 19.6 Å². The first-order valence-corrected chi connectivity index (χ1v) is 12.9. The standard InChI is InChI=1S/C23H38N4O2S/c1-5-24-22(27-13-14-30(28,29)23(3,4)18-27)25-15-20-8-10-21(11-9-20)17-26-12-6-7-19(2)16-26/h8-11,19H,5-7,12-18H2,1-4H3,(H,24,25). The third-order valence-corrected chi connectivity index (χ3v) is 8.79. The normalized spacial score (nSPS) is 24.6. The van der Waals surface area contributed by atoms with Crippen molar-refractivity contribution in [2.75, 3.05) is 38.5 Å². The first-order valence-electron chi connectivity index (χ1n) is 11.3. The Morgan fingerprint density at radius 1 is 1.20 bits per heavy atom. The number of nitrogens with zero attached hydrogens (tertiary/aromatic N) is 3. The zero-order valence-corrected chi connectivity index (χ0v) is 19.8. The molecule has 2 aliphatic rings. The maximum atomic E-state index is 12.3. The number of sulfone groups is 1. The molecule has 1 aromatic carbocycles. The predicted octanol–water partition coefficient (Wildman–Crippen LogP) is 2.89. The molecule has 0 saturated carbocycles. The number of hydrogen-bond donors (Lipinski definition) is 1. The van der Waals surface area contributed by atoms with Gasteiger partial charge in [-0.1, -0.05) is 31.2 Å². The largest absolute Gasteiger partial charge is 0.357 e. The molecule has 2 aliphatic heterocycles. The summed E-state index contributed by atoms with van der Waals surface area (Å²) in [5, 5.41) is 3.33. The molecule has 2 heterocycles. The van der Waals surface area contributed by atoms with Crippen molar-refractivity contribution < 1.29 is 8.42 Å². The molecule has 0 radical (unpaired) electrons. The molecule has 0 bridgehead atoms. The van der Waals surface area contributed by atoms with E-state index in [1.165, 1.54) is 37.1 Å². The van der Waals surface area contributed by atoms with Gasteiger partial charge in [-0.05, 0) is 57.2 Å². The van der Waals surface area contributed by atoms with E-state index in [1.807, 2.05) is 6.92 Å². The minimum Gasteiger partial charge on any atom is -0.357 e. The molecule has 1 unspecified atom stereocenters. The Kier molecular flexibility index (Phi) is 7.45. The summed E-state index contributed by atoms with van der Waals surface area (Å²) in [6.07, 6.45) is 2.65. The van der Waals surface area contributed by atoms with Crippen LogP contribution in [-0.4, -0.2) is 67.4 Å². The molecule has 2 fully saturated rings. The summed E-state index contributed by atoms with van der Waals surface area (Å²) in [7, 11) is -3.06. The fourth-order valence-corrected chi connectivity index (χ4v) is 5.72. The van der Waals surface area contributed by atoms with Crippen molar-refractivity contribution in [1.29, 1.82) is 0 Å². The van der Waals surface area contributed by atoms with Crippen LogP contribution in [-0.2, 0) is 22.9 Å². The maximum Gasteiger partial charge on any atom is 0.194 e. The molecule has 0 spiro atoms. The maximum absolute atomic E-state index is 12.3. The van der Waals surface area contributed by atoms with Gasteiger partial charge < -0.3 is 10.2 Å². The summed E-state index contributed by atoms with van der Waals surface area (Å²) in [5.74, 6) is 1.77. The highest BCUT2D eigenvalue weighted by atomic mass is 32.2. The first-order chi connectivity index (χ1) is 14.2. The number of likely N-dealkylation sites (tertiary alicyclic amines) is 1. The van der Waals surface area contributed by atoms with Gasteiger partial charge in [-0.2, -0.15) is 0 Å². The van der Waals surface area contributed by atoms with E-state index >= 15 is 0 Å². The molecule has 7 heteroatoms. The summed E-state index contributed by atoms with van der Waals surface area (Å²) >= 11 is 0. The van der Waals surface area contributed by atoms with Gasteiger partial charge in [-0.25, -0.2) is 13.4 Å². The van der Waals surface area contributed by atoms with E-state index in [0.717, 1.165) is 25.0 Å². The van der Waals surface area contributed by atoms with Gasteiger partial charge in [-0.15, -0.1) is 0 Å². The molecule has 0 aliphatic carbocycles. The predicted molar refractivity (Wildman–Crippen MR) is 124 cm³/mol. The van der Waals surface area contributed by atoms with Crippen molar-refractivity contribution in [3.05, 3.63) is 35.4 Å². The second kappa shape index (κ2) is 9.69. The van der Waals surface area contributed by atoms with Crippen LogP contribution in [0.4, 0.5) is 0 Å². The Hall–Kier alpha value is -1.60. The van der Waals surface area contributed by atoms with Crippen LogP contribution in [0.25, 0.3) is 0 Å². The zero-order valence-electron chi connectivity index (χ0n) is 19.0. The van der Waals surface area contributed by atoms with E-state index in [-0.39, 0.29) is 5.75 Å². The number of guanidine groups is 1. The lowest BCUT2D eigenvalue weighted by molar-refractivity contribution is 0.176. The molecule has 30 heavy (non-hydrogen) atoms. The number of hydrogen-bond acceptors (Lipinski definition) is 4.